The molecule has 0 spiro atoms. The molecule has 6 heteroatoms. The van der Waals surface area contributed by atoms with Gasteiger partial charge in [0.05, 0.1) is 18.7 Å². The first-order valence-electron chi connectivity index (χ1n) is 7.23. The number of nitrogens with one attached hydrogen (secondary N) is 2. The van der Waals surface area contributed by atoms with Crippen molar-refractivity contribution in [3.05, 3.63) is 11.1 Å². The Morgan fingerprint density at radius 3 is 2.90 bits per heavy atom. The second kappa shape index (κ2) is 9.85. The summed E-state index contributed by atoms with van der Waals surface area (Å²) in [6, 6.07) is 0.213. The van der Waals surface area contributed by atoms with Gasteiger partial charge in [-0.3, -0.25) is 4.79 Å². The number of nitrogens with zero attached hydrogens (tertiary/aromatic N) is 1. The summed E-state index contributed by atoms with van der Waals surface area (Å²) in [4.78, 5) is 16.1. The maximum atomic E-state index is 11.7. The van der Waals surface area contributed by atoms with E-state index in [0.717, 1.165) is 25.1 Å². The number of amides is 1. The Labute approximate surface area is 125 Å². The molecule has 0 aliphatic carbocycles. The number of carbonyl (C=O) groups is 1. The number of rotatable bonds is 10. The fourth-order valence-corrected chi connectivity index (χ4v) is 2.42. The van der Waals surface area contributed by atoms with Crippen LogP contribution in [0.2, 0.25) is 0 Å². The van der Waals surface area contributed by atoms with Gasteiger partial charge in [-0.2, -0.15) is 0 Å². The van der Waals surface area contributed by atoms with Gasteiger partial charge >= 0.3 is 0 Å². The van der Waals surface area contributed by atoms with Gasteiger partial charge in [-0.25, -0.2) is 4.98 Å². The minimum absolute atomic E-state index is 0.0452. The van der Waals surface area contributed by atoms with Gasteiger partial charge in [0.2, 0.25) is 5.91 Å². The molecular formula is C14H25N3O2S. The molecule has 0 aliphatic heterocycles. The van der Waals surface area contributed by atoms with Crippen LogP contribution in [0.5, 0.6) is 0 Å². The molecule has 0 radical (unpaired) electrons. The third kappa shape index (κ3) is 6.45. The van der Waals surface area contributed by atoms with Crippen molar-refractivity contribution in [1.29, 1.82) is 0 Å². The van der Waals surface area contributed by atoms with Gasteiger partial charge in [-0.1, -0.05) is 13.8 Å². The van der Waals surface area contributed by atoms with Gasteiger partial charge < -0.3 is 15.4 Å². The number of thiazole rings is 1. The van der Waals surface area contributed by atoms with Crippen LogP contribution in [0.3, 0.4) is 0 Å². The second-order valence-electron chi connectivity index (χ2n) is 4.66. The predicted molar refractivity (Wildman–Crippen MR) is 83.2 cm³/mol. The molecule has 1 aromatic rings. The quantitative estimate of drug-likeness (QED) is 0.652. The maximum absolute atomic E-state index is 11.7. The summed E-state index contributed by atoms with van der Waals surface area (Å²) >= 11 is 1.46. The Bertz CT molecular complexity index is 396. The Morgan fingerprint density at radius 1 is 1.40 bits per heavy atom. The van der Waals surface area contributed by atoms with E-state index in [-0.39, 0.29) is 11.9 Å². The number of anilines is 1. The van der Waals surface area contributed by atoms with E-state index in [1.165, 1.54) is 11.3 Å². The topological polar surface area (TPSA) is 63.2 Å². The summed E-state index contributed by atoms with van der Waals surface area (Å²) in [6.45, 7) is 8.39. The first-order valence-corrected chi connectivity index (χ1v) is 8.11. The van der Waals surface area contributed by atoms with E-state index in [1.807, 2.05) is 12.3 Å². The number of hydrogen-bond donors (Lipinski definition) is 2. The molecule has 0 aliphatic rings. The van der Waals surface area contributed by atoms with Crippen LogP contribution in [0, 0.1) is 0 Å². The molecule has 1 atom stereocenters. The lowest BCUT2D eigenvalue weighted by molar-refractivity contribution is -0.117. The molecule has 1 heterocycles. The summed E-state index contributed by atoms with van der Waals surface area (Å²) in [5.74, 6) is -0.0452. The van der Waals surface area contributed by atoms with Crippen molar-refractivity contribution in [2.45, 2.75) is 46.1 Å². The molecule has 0 bridgehead atoms. The fraction of sp³-hybridized carbons (Fsp3) is 0.714. The lowest BCUT2D eigenvalue weighted by atomic mass is 10.2. The second-order valence-corrected chi connectivity index (χ2v) is 5.52. The number of hydrogen-bond acceptors (Lipinski definition) is 5. The molecule has 1 amide bonds. The van der Waals surface area contributed by atoms with Crippen molar-refractivity contribution >= 4 is 22.4 Å². The van der Waals surface area contributed by atoms with Crippen LogP contribution in [-0.4, -0.2) is 30.6 Å². The zero-order valence-corrected chi connectivity index (χ0v) is 13.4. The maximum Gasteiger partial charge on any atom is 0.228 e. The van der Waals surface area contributed by atoms with E-state index in [2.05, 4.69) is 29.5 Å². The van der Waals surface area contributed by atoms with Gasteiger partial charge in [0.15, 0.2) is 5.13 Å². The van der Waals surface area contributed by atoms with Crippen LogP contribution in [-0.2, 0) is 9.53 Å². The first-order chi connectivity index (χ1) is 9.67. The van der Waals surface area contributed by atoms with Gasteiger partial charge in [-0.15, -0.1) is 11.3 Å². The largest absolute Gasteiger partial charge is 0.381 e. The minimum atomic E-state index is -0.0452. The van der Waals surface area contributed by atoms with Crippen LogP contribution < -0.4 is 10.6 Å². The highest BCUT2D eigenvalue weighted by atomic mass is 32.1. The van der Waals surface area contributed by atoms with Crippen molar-refractivity contribution in [1.82, 2.24) is 10.3 Å². The standard InChI is InChI=1S/C14H25N3O2S/c1-4-7-15-11(3)12-10-20-14(16-12)17-13(18)6-9-19-8-5-2/h10-11,15H,4-9H2,1-3H3,(H,16,17,18). The SMILES string of the molecule is CCCNC(C)c1csc(NC(=O)CCOCCC)n1. The number of ether oxygens (including phenoxy) is 1. The van der Waals surface area contributed by atoms with Crippen LogP contribution in [0.15, 0.2) is 5.38 Å². The molecule has 2 N–H and O–H groups in total. The van der Waals surface area contributed by atoms with E-state index in [4.69, 9.17) is 4.74 Å². The normalized spacial score (nSPS) is 12.3. The Kier molecular flexibility index (Phi) is 8.41. The van der Waals surface area contributed by atoms with Crippen molar-refractivity contribution < 1.29 is 9.53 Å². The van der Waals surface area contributed by atoms with Gasteiger partial charge in [0.1, 0.15) is 0 Å². The van der Waals surface area contributed by atoms with Crippen molar-refractivity contribution in [3.63, 3.8) is 0 Å². The third-order valence-corrected chi connectivity index (χ3v) is 3.51. The molecule has 1 aromatic heterocycles. The Hall–Kier alpha value is -0.980. The molecule has 1 unspecified atom stereocenters. The molecule has 1 rings (SSSR count). The van der Waals surface area contributed by atoms with Gasteiger partial charge in [0, 0.05) is 18.0 Å². The molecule has 0 aromatic carbocycles. The van der Waals surface area contributed by atoms with Crippen LogP contribution in [0.1, 0.15) is 51.8 Å². The van der Waals surface area contributed by atoms with Crippen LogP contribution in [0.4, 0.5) is 5.13 Å². The molecule has 114 valence electrons. The van der Waals surface area contributed by atoms with E-state index >= 15 is 0 Å². The minimum Gasteiger partial charge on any atom is -0.381 e. The lowest BCUT2D eigenvalue weighted by Gasteiger charge is -2.09. The molecule has 20 heavy (non-hydrogen) atoms. The summed E-state index contributed by atoms with van der Waals surface area (Å²) in [6.07, 6.45) is 2.44. The third-order valence-electron chi connectivity index (χ3n) is 2.73. The average Bonchev–Trinajstić information content (AvgIpc) is 2.89. The monoisotopic (exact) mass is 299 g/mol. The van der Waals surface area contributed by atoms with E-state index < -0.39 is 0 Å². The zero-order valence-electron chi connectivity index (χ0n) is 12.6. The van der Waals surface area contributed by atoms with Gasteiger partial charge in [0.25, 0.3) is 0 Å². The van der Waals surface area contributed by atoms with E-state index in [9.17, 15) is 4.79 Å². The first kappa shape index (κ1) is 17.1. The van der Waals surface area contributed by atoms with Gasteiger partial charge in [-0.05, 0) is 26.3 Å². The van der Waals surface area contributed by atoms with Crippen molar-refractivity contribution in [3.8, 4) is 0 Å². The van der Waals surface area contributed by atoms with Crippen LogP contribution in [0.25, 0.3) is 0 Å². The Balaban J connectivity index is 2.33. The van der Waals surface area contributed by atoms with Crippen LogP contribution >= 0.6 is 11.3 Å². The number of carbonyl (C=O) groups excluding carboxylic acids is 1. The highest BCUT2D eigenvalue weighted by Crippen LogP contribution is 2.20. The molecule has 0 fully saturated rings. The average molecular weight is 299 g/mol. The summed E-state index contributed by atoms with van der Waals surface area (Å²) < 4.78 is 5.29. The molecule has 0 saturated heterocycles. The summed E-state index contributed by atoms with van der Waals surface area (Å²) in [5.41, 5.74) is 0.973. The lowest BCUT2D eigenvalue weighted by Crippen LogP contribution is -2.19. The fourth-order valence-electron chi connectivity index (χ4n) is 1.60. The zero-order chi connectivity index (χ0) is 14.8. The van der Waals surface area contributed by atoms with Crippen molar-refractivity contribution in [2.24, 2.45) is 0 Å². The molecular weight excluding hydrogens is 274 g/mol. The Morgan fingerprint density at radius 2 is 2.20 bits per heavy atom. The van der Waals surface area contributed by atoms with Crippen molar-refractivity contribution in [2.75, 3.05) is 25.1 Å². The smallest absolute Gasteiger partial charge is 0.228 e. The predicted octanol–water partition coefficient (Wildman–Crippen LogP) is 2.96. The highest BCUT2D eigenvalue weighted by molar-refractivity contribution is 7.13. The van der Waals surface area contributed by atoms with E-state index in [1.54, 1.807) is 0 Å². The molecule has 0 saturated carbocycles. The summed E-state index contributed by atoms with van der Waals surface area (Å²) in [5, 5.41) is 8.83. The number of aromatic nitrogens is 1. The molecule has 5 nitrogen and oxygen atoms in total. The highest BCUT2D eigenvalue weighted by Gasteiger charge is 2.11. The summed E-state index contributed by atoms with van der Waals surface area (Å²) in [7, 11) is 0. The van der Waals surface area contributed by atoms with E-state index in [0.29, 0.717) is 24.8 Å².